The quantitative estimate of drug-likeness (QED) is 0.454. The van der Waals surface area contributed by atoms with E-state index in [1.807, 2.05) is 6.92 Å². The highest BCUT2D eigenvalue weighted by Crippen LogP contribution is 2.19. The van der Waals surface area contributed by atoms with Gasteiger partial charge in [0.25, 0.3) is 0 Å². The minimum atomic E-state index is -0.121. The van der Waals surface area contributed by atoms with E-state index >= 15 is 0 Å². The molecule has 0 amide bonds. The Morgan fingerprint density at radius 2 is 2.19 bits per heavy atom. The van der Waals surface area contributed by atoms with Crippen molar-refractivity contribution in [3.8, 4) is 5.75 Å². The number of hydrogen-bond donors (Lipinski definition) is 1. The fraction of sp³-hybridized carbons (Fsp3) is 0.417. The Hall–Kier alpha value is -1.55. The summed E-state index contributed by atoms with van der Waals surface area (Å²) in [4.78, 5) is 11.7. The van der Waals surface area contributed by atoms with E-state index in [0.717, 1.165) is 6.42 Å². The van der Waals surface area contributed by atoms with E-state index in [9.17, 15) is 4.79 Å². The Kier molecular flexibility index (Phi) is 4.79. The molecule has 0 unspecified atom stereocenters. The monoisotopic (exact) mass is 223 g/mol. The molecule has 0 saturated heterocycles. The second kappa shape index (κ2) is 6.12. The Labute approximate surface area is 95.3 Å². The van der Waals surface area contributed by atoms with Crippen molar-refractivity contribution in [2.45, 2.75) is 13.3 Å². The van der Waals surface area contributed by atoms with Gasteiger partial charge in [0.15, 0.2) is 5.78 Å². The van der Waals surface area contributed by atoms with Crippen LogP contribution in [0.15, 0.2) is 18.2 Å². The number of nitrogens with two attached hydrogens (primary N) is 1. The number of nitrogen functional groups attached to an aromatic ring is 1. The van der Waals surface area contributed by atoms with Crippen LogP contribution < -0.4 is 10.5 Å². The molecule has 0 aliphatic rings. The normalized spacial score (nSPS) is 10.1. The van der Waals surface area contributed by atoms with Crippen LogP contribution in [0.25, 0.3) is 0 Å². The molecule has 1 aromatic carbocycles. The zero-order chi connectivity index (χ0) is 12.0. The van der Waals surface area contributed by atoms with Gasteiger partial charge in [0.2, 0.25) is 0 Å². The summed E-state index contributed by atoms with van der Waals surface area (Å²) in [7, 11) is 1.55. The number of Topliss-reactive ketones (excluding diaryl/α,β-unsaturated/α-hetero) is 1. The van der Waals surface area contributed by atoms with Crippen molar-refractivity contribution < 1.29 is 14.3 Å². The van der Waals surface area contributed by atoms with Crippen LogP contribution in [0, 0.1) is 0 Å². The summed E-state index contributed by atoms with van der Waals surface area (Å²) < 4.78 is 10.2. The molecule has 0 spiro atoms. The average Bonchev–Trinajstić information content (AvgIpc) is 2.30. The Balaban J connectivity index is 2.73. The number of carbonyl (C=O) groups is 1. The van der Waals surface area contributed by atoms with E-state index in [2.05, 4.69) is 0 Å². The second-order valence-corrected chi connectivity index (χ2v) is 3.43. The summed E-state index contributed by atoms with van der Waals surface area (Å²) in [5.41, 5.74) is 6.62. The number of ketones is 1. The minimum absolute atomic E-state index is 0.0607. The highest BCUT2D eigenvalue weighted by Gasteiger charge is 2.10. The van der Waals surface area contributed by atoms with Crippen LogP contribution in [0.5, 0.6) is 5.75 Å². The number of rotatable bonds is 6. The maximum Gasteiger partial charge on any atom is 0.190 e. The lowest BCUT2D eigenvalue weighted by Gasteiger charge is -2.07. The third-order valence-corrected chi connectivity index (χ3v) is 2.14. The molecule has 0 fully saturated rings. The van der Waals surface area contributed by atoms with E-state index in [0.29, 0.717) is 23.6 Å². The molecule has 0 bridgehead atoms. The van der Waals surface area contributed by atoms with Gasteiger partial charge in [-0.3, -0.25) is 4.79 Å². The van der Waals surface area contributed by atoms with Crippen molar-refractivity contribution in [2.75, 3.05) is 26.1 Å². The predicted octanol–water partition coefficient (Wildman–Crippen LogP) is 1.89. The fourth-order valence-electron chi connectivity index (χ4n) is 1.29. The molecule has 0 saturated carbocycles. The van der Waals surface area contributed by atoms with E-state index < -0.39 is 0 Å². The maximum absolute atomic E-state index is 11.7. The summed E-state index contributed by atoms with van der Waals surface area (Å²) in [6.07, 6.45) is 0.890. The number of hydrogen-bond acceptors (Lipinski definition) is 4. The van der Waals surface area contributed by atoms with E-state index in [1.165, 1.54) is 0 Å². The molecule has 0 atom stereocenters. The third kappa shape index (κ3) is 3.24. The van der Waals surface area contributed by atoms with Crippen molar-refractivity contribution in [3.05, 3.63) is 23.8 Å². The zero-order valence-corrected chi connectivity index (χ0v) is 9.66. The van der Waals surface area contributed by atoms with Crippen molar-refractivity contribution in [2.24, 2.45) is 0 Å². The van der Waals surface area contributed by atoms with Crippen LogP contribution in [0.4, 0.5) is 5.69 Å². The van der Waals surface area contributed by atoms with Gasteiger partial charge in [0.05, 0.1) is 7.11 Å². The number of ether oxygens (including phenoxy) is 2. The van der Waals surface area contributed by atoms with Gasteiger partial charge >= 0.3 is 0 Å². The number of carbonyl (C=O) groups excluding carboxylic acids is 1. The molecule has 4 nitrogen and oxygen atoms in total. The second-order valence-electron chi connectivity index (χ2n) is 3.43. The minimum Gasteiger partial charge on any atom is -0.497 e. The van der Waals surface area contributed by atoms with E-state index in [-0.39, 0.29) is 12.4 Å². The topological polar surface area (TPSA) is 61.5 Å². The van der Waals surface area contributed by atoms with Crippen LogP contribution >= 0.6 is 0 Å². The largest absolute Gasteiger partial charge is 0.497 e. The Morgan fingerprint density at radius 1 is 1.44 bits per heavy atom. The highest BCUT2D eigenvalue weighted by molar-refractivity contribution is 6.02. The summed E-state index contributed by atoms with van der Waals surface area (Å²) in [6.45, 7) is 2.63. The standard InChI is InChI=1S/C12H17NO3/c1-3-6-16-8-12(14)10-7-9(15-2)4-5-11(10)13/h4-5,7H,3,6,8,13H2,1-2H3. The van der Waals surface area contributed by atoms with Crippen molar-refractivity contribution in [1.82, 2.24) is 0 Å². The molecular formula is C12H17NO3. The molecule has 2 N–H and O–H groups in total. The van der Waals surface area contributed by atoms with Crippen molar-refractivity contribution in [3.63, 3.8) is 0 Å². The average molecular weight is 223 g/mol. The van der Waals surface area contributed by atoms with Crippen LogP contribution in [0.2, 0.25) is 0 Å². The molecule has 4 heteroatoms. The van der Waals surface area contributed by atoms with Crippen LogP contribution in [0.1, 0.15) is 23.7 Å². The van der Waals surface area contributed by atoms with Gasteiger partial charge in [-0.1, -0.05) is 6.92 Å². The SMILES string of the molecule is CCCOCC(=O)c1cc(OC)ccc1N. The summed E-state index contributed by atoms with van der Waals surface area (Å²) in [6, 6.07) is 5.01. The molecule has 0 radical (unpaired) electrons. The molecular weight excluding hydrogens is 206 g/mol. The van der Waals surface area contributed by atoms with Crippen LogP contribution in [-0.2, 0) is 4.74 Å². The summed E-state index contributed by atoms with van der Waals surface area (Å²) >= 11 is 0. The van der Waals surface area contributed by atoms with Gasteiger partial charge < -0.3 is 15.2 Å². The molecule has 1 aromatic rings. The van der Waals surface area contributed by atoms with Crippen molar-refractivity contribution >= 4 is 11.5 Å². The molecule has 1 rings (SSSR count). The van der Waals surface area contributed by atoms with Crippen molar-refractivity contribution in [1.29, 1.82) is 0 Å². The highest BCUT2D eigenvalue weighted by atomic mass is 16.5. The molecule has 16 heavy (non-hydrogen) atoms. The number of anilines is 1. The van der Waals surface area contributed by atoms with Gasteiger partial charge in [-0.05, 0) is 24.6 Å². The first kappa shape index (κ1) is 12.5. The third-order valence-electron chi connectivity index (χ3n) is 2.14. The van der Waals surface area contributed by atoms with Gasteiger partial charge in [-0.15, -0.1) is 0 Å². The van der Waals surface area contributed by atoms with Gasteiger partial charge in [-0.25, -0.2) is 0 Å². The summed E-state index contributed by atoms with van der Waals surface area (Å²) in [5.74, 6) is 0.498. The zero-order valence-electron chi connectivity index (χ0n) is 9.66. The van der Waals surface area contributed by atoms with Crippen LogP contribution in [-0.4, -0.2) is 26.1 Å². The lowest BCUT2D eigenvalue weighted by atomic mass is 10.1. The van der Waals surface area contributed by atoms with Gasteiger partial charge in [0.1, 0.15) is 12.4 Å². The Morgan fingerprint density at radius 3 is 2.81 bits per heavy atom. The van der Waals surface area contributed by atoms with Crippen LogP contribution in [0.3, 0.4) is 0 Å². The fourth-order valence-corrected chi connectivity index (χ4v) is 1.29. The first-order valence-corrected chi connectivity index (χ1v) is 5.23. The molecule has 0 heterocycles. The maximum atomic E-state index is 11.7. The molecule has 88 valence electrons. The molecule has 0 aliphatic heterocycles. The van der Waals surface area contributed by atoms with E-state index in [4.69, 9.17) is 15.2 Å². The van der Waals surface area contributed by atoms with Gasteiger partial charge in [0, 0.05) is 17.9 Å². The predicted molar refractivity (Wildman–Crippen MR) is 62.8 cm³/mol. The first-order valence-electron chi connectivity index (χ1n) is 5.23. The lowest BCUT2D eigenvalue weighted by Crippen LogP contribution is -2.12. The Bertz CT molecular complexity index is 363. The smallest absolute Gasteiger partial charge is 0.190 e. The first-order chi connectivity index (χ1) is 7.69. The summed E-state index contributed by atoms with van der Waals surface area (Å²) in [5, 5.41) is 0. The lowest BCUT2D eigenvalue weighted by molar-refractivity contribution is 0.0762. The van der Waals surface area contributed by atoms with E-state index in [1.54, 1.807) is 25.3 Å². The number of methoxy groups -OCH3 is 1. The molecule has 0 aliphatic carbocycles. The number of benzene rings is 1. The van der Waals surface area contributed by atoms with Gasteiger partial charge in [-0.2, -0.15) is 0 Å². The molecule has 0 aromatic heterocycles.